The van der Waals surface area contributed by atoms with Crippen molar-refractivity contribution < 1.29 is 41.5 Å². The van der Waals surface area contributed by atoms with Crippen LogP contribution in [0.2, 0.25) is 0 Å². The van der Waals surface area contributed by atoms with Crippen LogP contribution in [-0.4, -0.2) is 127 Å². The Morgan fingerprint density at radius 3 is 1.59 bits per heavy atom. The number of fused-ring (bicyclic) bond motifs is 4. The van der Waals surface area contributed by atoms with Crippen molar-refractivity contribution in [2.45, 2.75) is 131 Å². The lowest BCUT2D eigenvalue weighted by atomic mass is 10.0. The maximum atomic E-state index is 13.4. The van der Waals surface area contributed by atoms with Gasteiger partial charge in [0.25, 0.3) is 6.43 Å². The summed E-state index contributed by atoms with van der Waals surface area (Å²) in [6.07, 6.45) is 5.99. The molecular formula is C79H79F4N21O5S2. The minimum atomic E-state index is -2.46. The fraction of sp³-hybridized carbons (Fsp3) is 0.291. The number of nitrogens with zero attached hydrogens (tertiary/aromatic N) is 17. The number of aromatic nitrogens is 13. The second-order valence-electron chi connectivity index (χ2n) is 27.5. The van der Waals surface area contributed by atoms with E-state index in [-0.39, 0.29) is 60.9 Å². The van der Waals surface area contributed by atoms with Crippen LogP contribution in [0.3, 0.4) is 0 Å². The van der Waals surface area contributed by atoms with E-state index in [1.165, 1.54) is 40.3 Å². The molecule has 0 unspecified atom stereocenters. The van der Waals surface area contributed by atoms with Gasteiger partial charge < -0.3 is 51.8 Å². The molecule has 4 amide bonds. The second kappa shape index (κ2) is 32.6. The fourth-order valence-corrected chi connectivity index (χ4v) is 14.8. The molecule has 0 aliphatic carbocycles. The summed E-state index contributed by atoms with van der Waals surface area (Å²) in [7, 11) is 1.96. The number of nitrogens with two attached hydrogens (primary N) is 4. The Morgan fingerprint density at radius 2 is 1.06 bits per heavy atom. The van der Waals surface area contributed by atoms with Gasteiger partial charge in [0.05, 0.1) is 189 Å². The summed E-state index contributed by atoms with van der Waals surface area (Å²) in [6.45, 7) is 12.5. The van der Waals surface area contributed by atoms with Crippen LogP contribution in [-0.2, 0) is 122 Å². The van der Waals surface area contributed by atoms with Crippen molar-refractivity contribution in [3.63, 3.8) is 0 Å². The number of alkyl halides is 2. The molecule has 570 valence electrons. The van der Waals surface area contributed by atoms with Gasteiger partial charge in [-0.25, -0.2) is 47.5 Å². The topological polar surface area (TPSA) is 338 Å². The average molecular weight is 1540 g/mol. The van der Waals surface area contributed by atoms with Crippen molar-refractivity contribution >= 4 is 69.1 Å². The number of halogens is 4. The molecule has 2 aromatic carbocycles. The van der Waals surface area contributed by atoms with Gasteiger partial charge in [0, 0.05) is 85.7 Å². The lowest BCUT2D eigenvalue weighted by molar-refractivity contribution is -0.132. The first-order valence-electron chi connectivity index (χ1n) is 35.9. The van der Waals surface area contributed by atoms with Crippen molar-refractivity contribution in [1.82, 2.24) is 83.6 Å². The van der Waals surface area contributed by atoms with E-state index in [2.05, 4.69) is 50.1 Å². The van der Waals surface area contributed by atoms with Gasteiger partial charge >= 0.3 is 0 Å². The van der Waals surface area contributed by atoms with Crippen LogP contribution in [0.25, 0.3) is 43.7 Å². The van der Waals surface area contributed by atoms with Gasteiger partial charge in [-0.3, -0.25) is 38.5 Å². The third kappa shape index (κ3) is 17.3. The minimum absolute atomic E-state index is 0.00331. The van der Waals surface area contributed by atoms with Gasteiger partial charge in [-0.1, -0.05) is 13.0 Å². The lowest BCUT2D eigenvalue weighted by Crippen LogP contribution is -2.32. The zero-order valence-electron chi connectivity index (χ0n) is 61.5. The zero-order valence-corrected chi connectivity index (χ0v) is 63.1. The first-order chi connectivity index (χ1) is 53.4. The van der Waals surface area contributed by atoms with E-state index < -0.39 is 13.0 Å². The van der Waals surface area contributed by atoms with E-state index in [1.54, 1.807) is 91.9 Å². The SMILES string of the molecule is CCc1ncc2c(n1)CN(C(=O)Cc1nc(-c3cccs3)ccc1N)C2.Cc1cc(F)ccc1-c1ccc(N)c(CC(=O)N2Cc3cn(C4COC4)nc3C2)n1.Cc1nc2c(n1C)CN(C(=O)Cc1nc(-c3ccc(F)cc3)ccc1N)C2.Cc1ncc(-c2ccc(N)c(CC(=O)N3Cc4cn(CC(F)F)nc4C3)n2)s1. The van der Waals surface area contributed by atoms with E-state index in [0.717, 1.165) is 100 Å². The van der Waals surface area contributed by atoms with Crippen LogP contribution in [0.1, 0.15) is 103 Å². The molecule has 26 nitrogen and oxygen atoms in total. The molecule has 0 bridgehead atoms. The Kier molecular flexibility index (Phi) is 22.2. The number of imidazole rings is 1. The van der Waals surface area contributed by atoms with Crippen molar-refractivity contribution in [3.05, 3.63) is 235 Å². The monoisotopic (exact) mass is 1540 g/mol. The summed E-state index contributed by atoms with van der Waals surface area (Å²) in [5.74, 6) is 0.959. The first-order valence-corrected chi connectivity index (χ1v) is 37.6. The number of ether oxygens (including phenoxy) is 1. The number of aryl methyl sites for hydroxylation is 4. The molecule has 0 saturated carbocycles. The molecule has 5 aliphatic rings. The van der Waals surface area contributed by atoms with Crippen molar-refractivity contribution in [2.24, 2.45) is 7.05 Å². The first kappa shape index (κ1) is 75.6. The maximum absolute atomic E-state index is 13.4. The Labute approximate surface area is 643 Å². The fourth-order valence-electron chi connectivity index (χ4n) is 13.4. The smallest absolute Gasteiger partial charge is 0.257 e. The highest BCUT2D eigenvalue weighted by Crippen LogP contribution is 2.33. The normalized spacial score (nSPS) is 13.9. The molecule has 10 aromatic heterocycles. The highest BCUT2D eigenvalue weighted by molar-refractivity contribution is 7.15. The van der Waals surface area contributed by atoms with E-state index in [9.17, 15) is 36.7 Å². The number of rotatable bonds is 16. The summed E-state index contributed by atoms with van der Waals surface area (Å²) in [4.78, 5) is 96.0. The Balaban J connectivity index is 0.000000123. The minimum Gasteiger partial charge on any atom is -0.397 e. The molecule has 1 fully saturated rings. The van der Waals surface area contributed by atoms with Gasteiger partial charge in [-0.15, -0.1) is 22.7 Å². The molecule has 32 heteroatoms. The maximum Gasteiger partial charge on any atom is 0.257 e. The van der Waals surface area contributed by atoms with Crippen LogP contribution in [0.5, 0.6) is 0 Å². The molecule has 12 aromatic rings. The molecular weight excluding hydrogens is 1460 g/mol. The van der Waals surface area contributed by atoms with Crippen LogP contribution in [0.4, 0.5) is 40.3 Å². The predicted molar refractivity (Wildman–Crippen MR) is 411 cm³/mol. The lowest BCUT2D eigenvalue weighted by Gasteiger charge is -2.26. The summed E-state index contributed by atoms with van der Waals surface area (Å²) in [6, 6.07) is 29.3. The quantitative estimate of drug-likeness (QED) is 0.0653. The number of carbonyl (C=O) groups is 4. The van der Waals surface area contributed by atoms with Gasteiger partial charge in [-0.2, -0.15) is 10.2 Å². The Hall–Kier alpha value is -12.2. The number of thiazole rings is 1. The van der Waals surface area contributed by atoms with Crippen molar-refractivity contribution in [3.8, 4) is 43.7 Å². The summed E-state index contributed by atoms with van der Waals surface area (Å²) in [5, 5.41) is 11.7. The highest BCUT2D eigenvalue weighted by Gasteiger charge is 2.33. The number of pyridine rings is 4. The number of thiophene rings is 1. The van der Waals surface area contributed by atoms with E-state index in [1.807, 2.05) is 92.1 Å². The van der Waals surface area contributed by atoms with Crippen molar-refractivity contribution in [2.75, 3.05) is 36.1 Å². The number of hydrogen-bond acceptors (Lipinski definition) is 21. The predicted octanol–water partition coefficient (Wildman–Crippen LogP) is 10.7. The molecule has 0 radical (unpaired) electrons. The Morgan fingerprint density at radius 1 is 0.541 bits per heavy atom. The summed E-state index contributed by atoms with van der Waals surface area (Å²) < 4.78 is 61.9. The molecule has 1 saturated heterocycles. The second-order valence-corrected chi connectivity index (χ2v) is 29.7. The van der Waals surface area contributed by atoms with Gasteiger partial charge in [0.15, 0.2) is 0 Å². The van der Waals surface area contributed by atoms with Crippen LogP contribution in [0.15, 0.2) is 133 Å². The third-order valence-electron chi connectivity index (χ3n) is 19.7. The van der Waals surface area contributed by atoms with Crippen molar-refractivity contribution in [1.29, 1.82) is 0 Å². The number of nitrogen functional groups attached to an aromatic ring is 4. The third-order valence-corrected chi connectivity index (χ3v) is 21.6. The van der Waals surface area contributed by atoms with E-state index in [0.29, 0.717) is 134 Å². The molecule has 111 heavy (non-hydrogen) atoms. The van der Waals surface area contributed by atoms with Crippen LogP contribution in [0, 0.1) is 32.4 Å². The molecule has 17 rings (SSSR count). The highest BCUT2D eigenvalue weighted by atomic mass is 32.1. The van der Waals surface area contributed by atoms with Crippen LogP contribution < -0.4 is 22.9 Å². The summed E-state index contributed by atoms with van der Waals surface area (Å²) >= 11 is 3.14. The molecule has 5 aliphatic heterocycles. The number of carbonyl (C=O) groups excluding carboxylic acids is 4. The average Bonchev–Trinajstić information content (AvgIpc) is 1.65. The Bertz CT molecular complexity index is 5440. The molecule has 15 heterocycles. The van der Waals surface area contributed by atoms with E-state index >= 15 is 0 Å². The molecule has 0 atom stereocenters. The van der Waals surface area contributed by atoms with Gasteiger partial charge in [-0.05, 0) is 129 Å². The largest absolute Gasteiger partial charge is 0.397 e. The van der Waals surface area contributed by atoms with E-state index in [4.69, 9.17) is 27.7 Å². The summed E-state index contributed by atoms with van der Waals surface area (Å²) in [5.41, 5.74) is 41.1. The number of hydrogen-bond donors (Lipinski definition) is 4. The number of amides is 4. The number of anilines is 4. The van der Waals surface area contributed by atoms with Crippen LogP contribution >= 0.6 is 22.7 Å². The van der Waals surface area contributed by atoms with Gasteiger partial charge in [0.1, 0.15) is 29.8 Å². The standard InChI is InChI=1S/C22H22FN5O2.C20H20FN5O.C19H19N5OS.C18H18F2N6OS/c1-13-6-15(23)2-3-17(13)19-5-4-18(24)20(25-19)7-22(29)27-8-14-9-28(16-11-30-12-16)26-21(14)10-27;1-12-23-18-10-26(11-19(18)25(12)2)20(27)9-17-15(22)7-8-16(24-17)13-3-5-14(21)6-4-13;1-2-18-21-9-12-10-24(11-16(12)23-18)19(25)8-15-13(20)5-6-14(22-15)17-4-3-7-26-17;1-10-22-5-16(28-10)13-3-2-12(21)14(23-13)4-18(27)25-6-11-7-26(9-17(19)20)24-15(11)8-25/h2-6,9,16H,7-8,10-12,24H2,1H3;3-8H,9-11,22H2,1-2H3;3-7,9H,2,8,10-11,20H2,1H3;2-3,5,7,17H,4,6,8-9,21H2,1H3. The molecule has 8 N–H and O–H groups in total. The van der Waals surface area contributed by atoms with Gasteiger partial charge in [0.2, 0.25) is 23.6 Å². The molecule has 0 spiro atoms. The number of benzene rings is 2. The zero-order chi connectivity index (χ0) is 77.9.